The van der Waals surface area contributed by atoms with Crippen molar-refractivity contribution in [2.75, 3.05) is 4.72 Å². The molecule has 2 aromatic rings. The fraction of sp³-hybridized carbons (Fsp3) is 0.100. The molecule has 13 heteroatoms. The summed E-state index contributed by atoms with van der Waals surface area (Å²) in [5, 5.41) is -1.14. The van der Waals surface area contributed by atoms with Crippen LogP contribution in [-0.4, -0.2) is 23.5 Å². The van der Waals surface area contributed by atoms with Crippen molar-refractivity contribution in [3.05, 3.63) is 34.1 Å². The highest BCUT2D eigenvalue weighted by atomic mass is 32.2. The first kappa shape index (κ1) is 17.6. The van der Waals surface area contributed by atoms with Crippen molar-refractivity contribution in [1.82, 2.24) is 4.98 Å². The van der Waals surface area contributed by atoms with E-state index in [-0.39, 0.29) is 10.9 Å². The summed E-state index contributed by atoms with van der Waals surface area (Å²) in [6.45, 7) is 0. The summed E-state index contributed by atoms with van der Waals surface area (Å²) in [6, 6.07) is 1.88. The third kappa shape index (κ3) is 3.79. The molecule has 0 aliphatic rings. The number of hydrogen-bond acceptors (Lipinski definition) is 4. The van der Waals surface area contributed by atoms with Crippen molar-refractivity contribution in [2.45, 2.75) is 6.18 Å². The highest BCUT2D eigenvalue weighted by molar-refractivity contribution is 7.80. The molecule has 1 aromatic carbocycles. The van der Waals surface area contributed by atoms with E-state index in [0.29, 0.717) is 18.2 Å². The number of aromatic nitrogens is 1. The van der Waals surface area contributed by atoms with E-state index in [0.717, 1.165) is 0 Å². The number of rotatable bonds is 3. The van der Waals surface area contributed by atoms with Crippen LogP contribution in [0.4, 0.5) is 18.9 Å². The van der Waals surface area contributed by atoms with Crippen molar-refractivity contribution < 1.29 is 36.3 Å². The van der Waals surface area contributed by atoms with Gasteiger partial charge in [-0.25, -0.2) is 0 Å². The van der Waals surface area contributed by atoms with Crippen LogP contribution in [0.15, 0.2) is 23.0 Å². The van der Waals surface area contributed by atoms with Crippen LogP contribution in [0.3, 0.4) is 0 Å². The number of hydrogen-bond donors (Lipinski definition) is 4. The van der Waals surface area contributed by atoms with Gasteiger partial charge in [0, 0.05) is 22.2 Å². The Labute approximate surface area is 127 Å². The molecule has 0 fully saturated rings. The van der Waals surface area contributed by atoms with Gasteiger partial charge in [-0.15, -0.1) is 0 Å². The molecule has 126 valence electrons. The molecule has 0 saturated carbocycles. The molecule has 4 N–H and O–H groups in total. The van der Waals surface area contributed by atoms with Gasteiger partial charge in [0.2, 0.25) is 0 Å². The van der Waals surface area contributed by atoms with E-state index >= 15 is 0 Å². The van der Waals surface area contributed by atoms with Crippen LogP contribution >= 0.6 is 7.60 Å². The number of fused-ring (bicyclic) bond motifs is 1. The summed E-state index contributed by atoms with van der Waals surface area (Å²) in [5.41, 5.74) is -3.82. The van der Waals surface area contributed by atoms with Crippen molar-refractivity contribution in [1.29, 1.82) is 0 Å². The first-order valence-corrected chi connectivity index (χ1v) is 8.28. The van der Waals surface area contributed by atoms with Gasteiger partial charge in [0.25, 0.3) is 5.56 Å². The summed E-state index contributed by atoms with van der Waals surface area (Å²) in [5.74, 6) is 0. The average molecular weight is 371 g/mol. The SMILES string of the molecule is O=c1[nH]c2cc(C(F)(F)F)c(NS(=O)[O-])cc2cc1P(=O)(O)O. The van der Waals surface area contributed by atoms with E-state index in [1.165, 1.54) is 0 Å². The summed E-state index contributed by atoms with van der Waals surface area (Å²) < 4.78 is 72.7. The maximum absolute atomic E-state index is 12.9. The van der Waals surface area contributed by atoms with E-state index in [1.54, 1.807) is 4.72 Å². The fourth-order valence-electron chi connectivity index (χ4n) is 1.87. The van der Waals surface area contributed by atoms with Gasteiger partial charge >= 0.3 is 13.8 Å². The Kier molecular flexibility index (Phi) is 4.39. The minimum Gasteiger partial charge on any atom is -0.755 e. The molecule has 0 amide bonds. The van der Waals surface area contributed by atoms with Gasteiger partial charge in [0.05, 0.1) is 11.3 Å². The minimum absolute atomic E-state index is 0.191. The highest BCUT2D eigenvalue weighted by Crippen LogP contribution is 2.38. The number of H-pyrrole nitrogens is 1. The Balaban J connectivity index is 2.82. The second kappa shape index (κ2) is 5.73. The van der Waals surface area contributed by atoms with Gasteiger partial charge in [-0.1, -0.05) is 0 Å². The van der Waals surface area contributed by atoms with Crippen LogP contribution in [0.2, 0.25) is 0 Å². The first-order valence-electron chi connectivity index (χ1n) is 5.60. The zero-order chi connectivity index (χ0) is 17.6. The Bertz CT molecular complexity index is 906. The van der Waals surface area contributed by atoms with Crippen LogP contribution in [0.1, 0.15) is 5.56 Å². The van der Waals surface area contributed by atoms with E-state index in [2.05, 4.69) is 0 Å². The van der Waals surface area contributed by atoms with E-state index in [1.807, 2.05) is 4.98 Å². The van der Waals surface area contributed by atoms with Crippen molar-refractivity contribution in [3.8, 4) is 0 Å². The standard InChI is InChI=1S/C10H8F3N2O6PS/c11-10(12,13)5-3-6-4(1-7(5)15-23(20)21)2-8(9(16)14-6)22(17,18)19/h1-3,15H,(H,14,16)(H,20,21)(H2,17,18,19)/p-1. The molecule has 1 atom stereocenters. The Morgan fingerprint density at radius 3 is 2.35 bits per heavy atom. The predicted molar refractivity (Wildman–Crippen MR) is 73.8 cm³/mol. The fourth-order valence-corrected chi connectivity index (χ4v) is 2.84. The molecule has 1 unspecified atom stereocenters. The normalized spacial score (nSPS) is 14.0. The number of alkyl halides is 3. The van der Waals surface area contributed by atoms with Crippen molar-refractivity contribution in [3.63, 3.8) is 0 Å². The summed E-state index contributed by atoms with van der Waals surface area (Å²) in [6.07, 6.45) is -4.92. The molecule has 0 aliphatic heterocycles. The van der Waals surface area contributed by atoms with Crippen molar-refractivity contribution in [2.24, 2.45) is 0 Å². The minimum atomic E-state index is -4.96. The van der Waals surface area contributed by atoms with Gasteiger partial charge in [-0.2, -0.15) is 13.2 Å². The lowest BCUT2D eigenvalue weighted by atomic mass is 10.1. The second-order valence-corrected chi connectivity index (χ2v) is 6.59. The molecule has 8 nitrogen and oxygen atoms in total. The number of pyridine rings is 1. The molecule has 0 spiro atoms. The van der Waals surface area contributed by atoms with Gasteiger partial charge < -0.3 is 24.0 Å². The van der Waals surface area contributed by atoms with Crippen molar-refractivity contribution >= 4 is 40.8 Å². The largest absolute Gasteiger partial charge is 0.755 e. The molecule has 2 rings (SSSR count). The lowest BCUT2D eigenvalue weighted by Gasteiger charge is -2.17. The van der Waals surface area contributed by atoms with Crippen LogP contribution in [0.25, 0.3) is 10.9 Å². The summed E-state index contributed by atoms with van der Waals surface area (Å²) in [4.78, 5) is 31.5. The number of aromatic amines is 1. The van der Waals surface area contributed by atoms with Gasteiger partial charge in [-0.05, 0) is 18.2 Å². The third-order valence-electron chi connectivity index (χ3n) is 2.78. The summed E-state index contributed by atoms with van der Waals surface area (Å²) >= 11 is -3.06. The lowest BCUT2D eigenvalue weighted by molar-refractivity contribution is -0.136. The topological polar surface area (TPSA) is 143 Å². The molecular formula is C10H7F3N2O6PS-. The molecule has 0 bridgehead atoms. The zero-order valence-corrected chi connectivity index (χ0v) is 12.5. The maximum Gasteiger partial charge on any atom is 0.418 e. The van der Waals surface area contributed by atoms with Crippen LogP contribution in [-0.2, 0) is 22.0 Å². The quantitative estimate of drug-likeness (QED) is 0.459. The van der Waals surface area contributed by atoms with Gasteiger partial charge in [0.15, 0.2) is 0 Å². The first-order chi connectivity index (χ1) is 10.4. The molecule has 1 aromatic heterocycles. The molecular weight excluding hydrogens is 364 g/mol. The number of benzene rings is 1. The molecule has 0 saturated heterocycles. The maximum atomic E-state index is 12.9. The number of anilines is 1. The number of halogens is 3. The molecule has 0 radical (unpaired) electrons. The second-order valence-electron chi connectivity index (χ2n) is 4.35. The van der Waals surface area contributed by atoms with Crippen LogP contribution in [0, 0.1) is 0 Å². The van der Waals surface area contributed by atoms with E-state index in [4.69, 9.17) is 9.79 Å². The third-order valence-corrected chi connectivity index (χ3v) is 4.12. The van der Waals surface area contributed by atoms with Gasteiger partial charge in [0.1, 0.15) is 5.30 Å². The highest BCUT2D eigenvalue weighted by Gasteiger charge is 2.34. The Hall–Kier alpha value is -1.72. The zero-order valence-electron chi connectivity index (χ0n) is 10.7. The van der Waals surface area contributed by atoms with E-state index in [9.17, 15) is 31.3 Å². The molecule has 23 heavy (non-hydrogen) atoms. The Morgan fingerprint density at radius 2 is 1.87 bits per heavy atom. The monoisotopic (exact) mass is 371 g/mol. The average Bonchev–Trinajstić information content (AvgIpc) is 2.34. The van der Waals surface area contributed by atoms with Gasteiger partial charge in [-0.3, -0.25) is 13.6 Å². The summed E-state index contributed by atoms with van der Waals surface area (Å²) in [7, 11) is -4.96. The van der Waals surface area contributed by atoms with Crippen LogP contribution < -0.4 is 15.6 Å². The number of nitrogens with one attached hydrogen (secondary N) is 2. The smallest absolute Gasteiger partial charge is 0.418 e. The van der Waals surface area contributed by atoms with Crippen LogP contribution in [0.5, 0.6) is 0 Å². The lowest BCUT2D eigenvalue weighted by Crippen LogP contribution is -2.27. The predicted octanol–water partition coefficient (Wildman–Crippen LogP) is 0.556. The molecule has 0 aliphatic carbocycles. The van der Waals surface area contributed by atoms with E-state index < -0.39 is 47.2 Å². The Morgan fingerprint density at radius 1 is 1.26 bits per heavy atom. The molecule has 1 heterocycles.